The maximum Gasteiger partial charge on any atom is 0.0113 e. The zero-order valence-electron chi connectivity index (χ0n) is 21.7. The third-order valence-electron chi connectivity index (χ3n) is 7.21. The predicted octanol–water partition coefficient (Wildman–Crippen LogP) is 4.65. The minimum atomic E-state index is 0.704. The SMILES string of the molecule is CC.CC(C)N1CCC2(CC1)CN(C(C)C)C2.CC(C)N1CCN(C(C)C)CC1. The first-order chi connectivity index (χ1) is 13.6. The number of nitrogens with zero attached hydrogens (tertiary/aromatic N) is 4. The Morgan fingerprint density at radius 2 is 0.724 bits per heavy atom. The second-order valence-corrected chi connectivity index (χ2v) is 10.4. The molecule has 0 aromatic carbocycles. The molecule has 0 N–H and O–H groups in total. The molecule has 1 spiro atoms. The van der Waals surface area contributed by atoms with Crippen molar-refractivity contribution in [1.29, 1.82) is 0 Å². The second kappa shape index (κ2) is 12.6. The van der Waals surface area contributed by atoms with Gasteiger partial charge < -0.3 is 4.90 Å². The Bertz CT molecular complexity index is 393. The minimum Gasteiger partial charge on any atom is -0.301 e. The summed E-state index contributed by atoms with van der Waals surface area (Å²) in [5.41, 5.74) is 0.704. The van der Waals surface area contributed by atoms with Gasteiger partial charge in [-0.25, -0.2) is 0 Å². The first kappa shape index (κ1) is 26.9. The van der Waals surface area contributed by atoms with Crippen LogP contribution in [0.15, 0.2) is 0 Å². The fourth-order valence-corrected chi connectivity index (χ4v) is 4.78. The lowest BCUT2D eigenvalue weighted by Gasteiger charge is -2.56. The quantitative estimate of drug-likeness (QED) is 0.669. The molecule has 0 aromatic heterocycles. The maximum atomic E-state index is 2.63. The van der Waals surface area contributed by atoms with Gasteiger partial charge in [0.1, 0.15) is 0 Å². The fourth-order valence-electron chi connectivity index (χ4n) is 4.78. The first-order valence-corrected chi connectivity index (χ1v) is 12.6. The van der Waals surface area contributed by atoms with Crippen LogP contribution in [0.2, 0.25) is 0 Å². The highest BCUT2D eigenvalue weighted by molar-refractivity contribution is 4.99. The Morgan fingerprint density at radius 1 is 0.448 bits per heavy atom. The third kappa shape index (κ3) is 8.12. The standard InChI is InChI=1S/C13H26N2.C10H22N2.C2H6/c1-11(2)14-7-5-13(6-8-14)9-15(10-13)12(3)4;1-9(2)11-5-7-12(8-6-11)10(3)4;1-2/h11-12H,5-10H2,1-4H3;9-10H,5-8H2,1-4H3;1-2H3. The molecule has 4 nitrogen and oxygen atoms in total. The van der Waals surface area contributed by atoms with Crippen LogP contribution in [0, 0.1) is 5.41 Å². The number of likely N-dealkylation sites (tertiary alicyclic amines) is 2. The number of piperazine rings is 1. The highest BCUT2D eigenvalue weighted by Gasteiger charge is 2.45. The summed E-state index contributed by atoms with van der Waals surface area (Å²) in [6, 6.07) is 2.93. The summed E-state index contributed by atoms with van der Waals surface area (Å²) in [6.45, 7) is 32.7. The van der Waals surface area contributed by atoms with Gasteiger partial charge in [-0.05, 0) is 86.7 Å². The molecule has 0 atom stereocenters. The van der Waals surface area contributed by atoms with Crippen molar-refractivity contribution in [1.82, 2.24) is 19.6 Å². The van der Waals surface area contributed by atoms with Crippen molar-refractivity contribution in [3.05, 3.63) is 0 Å². The molecule has 3 rings (SSSR count). The molecule has 3 fully saturated rings. The van der Waals surface area contributed by atoms with Gasteiger partial charge >= 0.3 is 0 Å². The smallest absolute Gasteiger partial charge is 0.0113 e. The van der Waals surface area contributed by atoms with E-state index in [4.69, 9.17) is 0 Å². The molecule has 174 valence electrons. The molecule has 0 unspecified atom stereocenters. The predicted molar refractivity (Wildman–Crippen MR) is 130 cm³/mol. The first-order valence-electron chi connectivity index (χ1n) is 12.6. The van der Waals surface area contributed by atoms with Crippen molar-refractivity contribution in [3.63, 3.8) is 0 Å². The summed E-state index contributed by atoms with van der Waals surface area (Å²) >= 11 is 0. The summed E-state index contributed by atoms with van der Waals surface area (Å²) in [5, 5.41) is 0. The van der Waals surface area contributed by atoms with Gasteiger partial charge in [0.25, 0.3) is 0 Å². The topological polar surface area (TPSA) is 13.0 Å². The maximum absolute atomic E-state index is 2.63. The van der Waals surface area contributed by atoms with E-state index in [0.29, 0.717) is 5.41 Å². The van der Waals surface area contributed by atoms with Gasteiger partial charge in [-0.3, -0.25) is 14.7 Å². The van der Waals surface area contributed by atoms with E-state index in [0.717, 1.165) is 24.2 Å². The highest BCUT2D eigenvalue weighted by atomic mass is 15.3. The molecule has 3 saturated heterocycles. The molecule has 4 heteroatoms. The molecule has 0 aromatic rings. The third-order valence-corrected chi connectivity index (χ3v) is 7.21. The molecule has 0 amide bonds. The highest BCUT2D eigenvalue weighted by Crippen LogP contribution is 2.41. The van der Waals surface area contributed by atoms with E-state index in [1.807, 2.05) is 13.8 Å². The lowest BCUT2D eigenvalue weighted by atomic mass is 9.71. The second-order valence-electron chi connectivity index (χ2n) is 10.4. The van der Waals surface area contributed by atoms with Crippen LogP contribution in [0.1, 0.15) is 82.1 Å². The molecular formula is C25H54N4. The Labute approximate surface area is 184 Å². The molecule has 29 heavy (non-hydrogen) atoms. The number of rotatable bonds is 4. The van der Waals surface area contributed by atoms with Crippen molar-refractivity contribution in [3.8, 4) is 0 Å². The van der Waals surface area contributed by atoms with Crippen LogP contribution in [0.3, 0.4) is 0 Å². The van der Waals surface area contributed by atoms with Crippen molar-refractivity contribution < 1.29 is 0 Å². The van der Waals surface area contributed by atoms with Crippen LogP contribution in [0.4, 0.5) is 0 Å². The average molecular weight is 411 g/mol. The van der Waals surface area contributed by atoms with E-state index in [9.17, 15) is 0 Å². The molecule has 3 aliphatic heterocycles. The zero-order valence-corrected chi connectivity index (χ0v) is 21.7. The Kier molecular flexibility index (Phi) is 11.7. The molecule has 0 saturated carbocycles. The van der Waals surface area contributed by atoms with Crippen molar-refractivity contribution in [2.24, 2.45) is 5.41 Å². The summed E-state index contributed by atoms with van der Waals surface area (Å²) in [5.74, 6) is 0. The van der Waals surface area contributed by atoms with Gasteiger partial charge in [0.2, 0.25) is 0 Å². The Morgan fingerprint density at radius 3 is 1.00 bits per heavy atom. The van der Waals surface area contributed by atoms with Crippen molar-refractivity contribution in [2.75, 3.05) is 52.4 Å². The van der Waals surface area contributed by atoms with Crippen LogP contribution >= 0.6 is 0 Å². The lowest BCUT2D eigenvalue weighted by molar-refractivity contribution is -0.0662. The summed E-state index contributed by atoms with van der Waals surface area (Å²) in [4.78, 5) is 10.4. The molecule has 0 bridgehead atoms. The lowest BCUT2D eigenvalue weighted by Crippen LogP contribution is -2.62. The van der Waals surface area contributed by atoms with Gasteiger partial charge in [-0.1, -0.05) is 13.8 Å². The van der Waals surface area contributed by atoms with Crippen LogP contribution < -0.4 is 0 Å². The van der Waals surface area contributed by atoms with Crippen LogP contribution in [0.5, 0.6) is 0 Å². The van der Waals surface area contributed by atoms with Crippen molar-refractivity contribution >= 4 is 0 Å². The van der Waals surface area contributed by atoms with E-state index in [1.165, 1.54) is 65.2 Å². The summed E-state index contributed by atoms with van der Waals surface area (Å²) < 4.78 is 0. The van der Waals surface area contributed by atoms with E-state index >= 15 is 0 Å². The molecule has 3 heterocycles. The number of hydrogen-bond donors (Lipinski definition) is 0. The number of hydrogen-bond acceptors (Lipinski definition) is 4. The molecule has 0 radical (unpaired) electrons. The van der Waals surface area contributed by atoms with Gasteiger partial charge in [-0.15, -0.1) is 0 Å². The zero-order chi connectivity index (χ0) is 22.2. The normalized spacial score (nSPS) is 23.8. The van der Waals surface area contributed by atoms with Gasteiger partial charge in [-0.2, -0.15) is 0 Å². The fraction of sp³-hybridized carbons (Fsp3) is 1.00. The largest absolute Gasteiger partial charge is 0.301 e. The van der Waals surface area contributed by atoms with E-state index in [1.54, 1.807) is 0 Å². The monoisotopic (exact) mass is 410 g/mol. The van der Waals surface area contributed by atoms with Crippen LogP contribution in [-0.4, -0.2) is 96.1 Å². The Hall–Kier alpha value is -0.160. The van der Waals surface area contributed by atoms with Crippen LogP contribution in [0.25, 0.3) is 0 Å². The van der Waals surface area contributed by atoms with Gasteiger partial charge in [0.05, 0.1) is 0 Å². The molecular weight excluding hydrogens is 356 g/mol. The van der Waals surface area contributed by atoms with Gasteiger partial charge in [0.15, 0.2) is 0 Å². The summed E-state index contributed by atoms with van der Waals surface area (Å²) in [7, 11) is 0. The average Bonchev–Trinajstić information content (AvgIpc) is 2.68. The van der Waals surface area contributed by atoms with E-state index in [2.05, 4.69) is 75.0 Å². The Balaban J connectivity index is 0.000000273. The van der Waals surface area contributed by atoms with Gasteiger partial charge in [0, 0.05) is 63.4 Å². The summed E-state index contributed by atoms with van der Waals surface area (Å²) in [6.07, 6.45) is 2.85. The molecule has 3 aliphatic rings. The van der Waals surface area contributed by atoms with Crippen LogP contribution in [-0.2, 0) is 0 Å². The number of piperidine rings is 1. The van der Waals surface area contributed by atoms with E-state index in [-0.39, 0.29) is 0 Å². The van der Waals surface area contributed by atoms with E-state index < -0.39 is 0 Å². The van der Waals surface area contributed by atoms with Crippen molar-refractivity contribution in [2.45, 2.75) is 106 Å². The molecule has 0 aliphatic carbocycles. The minimum absolute atomic E-state index is 0.704.